The van der Waals surface area contributed by atoms with Crippen molar-refractivity contribution >= 4 is 0 Å². The third-order valence-electron chi connectivity index (χ3n) is 3.15. The summed E-state index contributed by atoms with van der Waals surface area (Å²) in [5, 5.41) is 9.25. The van der Waals surface area contributed by atoms with E-state index in [1.807, 2.05) is 19.1 Å². The molecule has 20 heavy (non-hydrogen) atoms. The van der Waals surface area contributed by atoms with Gasteiger partial charge in [0.1, 0.15) is 11.6 Å². The molecule has 106 valence electrons. The Morgan fingerprint density at radius 2 is 2.05 bits per heavy atom. The van der Waals surface area contributed by atoms with Crippen LogP contribution in [0.25, 0.3) is 0 Å². The van der Waals surface area contributed by atoms with Gasteiger partial charge in [-0.2, -0.15) is 0 Å². The third-order valence-corrected chi connectivity index (χ3v) is 3.15. The van der Waals surface area contributed by atoms with Gasteiger partial charge in [-0.1, -0.05) is 26.0 Å². The molecule has 1 N–H and O–H groups in total. The molecule has 0 aliphatic carbocycles. The molecular weight excluding hydrogens is 257 g/mol. The standard InChI is InChI=1S/C16H18FNO2/c1-10(2)12-5-4-11(3)15(7-12)20-16-13(9-19)6-14(17)8-18-16/h4-8,10,19H,9H2,1-3H3. The van der Waals surface area contributed by atoms with E-state index in [4.69, 9.17) is 4.74 Å². The highest BCUT2D eigenvalue weighted by Gasteiger charge is 2.11. The van der Waals surface area contributed by atoms with Crippen LogP contribution in [0.4, 0.5) is 4.39 Å². The van der Waals surface area contributed by atoms with E-state index in [-0.39, 0.29) is 12.5 Å². The summed E-state index contributed by atoms with van der Waals surface area (Å²) in [6, 6.07) is 7.21. The van der Waals surface area contributed by atoms with Crippen molar-refractivity contribution in [2.45, 2.75) is 33.3 Å². The first-order valence-electron chi connectivity index (χ1n) is 6.55. The summed E-state index contributed by atoms with van der Waals surface area (Å²) in [4.78, 5) is 3.90. The van der Waals surface area contributed by atoms with Gasteiger partial charge >= 0.3 is 0 Å². The largest absolute Gasteiger partial charge is 0.438 e. The first-order valence-corrected chi connectivity index (χ1v) is 6.55. The summed E-state index contributed by atoms with van der Waals surface area (Å²) in [5.41, 5.74) is 2.45. The number of hydrogen-bond donors (Lipinski definition) is 1. The fraction of sp³-hybridized carbons (Fsp3) is 0.312. The lowest BCUT2D eigenvalue weighted by molar-refractivity contribution is 0.274. The molecule has 0 saturated carbocycles. The summed E-state index contributed by atoms with van der Waals surface area (Å²) in [7, 11) is 0. The fourth-order valence-electron chi connectivity index (χ4n) is 1.86. The van der Waals surface area contributed by atoms with E-state index < -0.39 is 5.82 Å². The summed E-state index contributed by atoms with van der Waals surface area (Å²) in [6.45, 7) is 5.82. The highest BCUT2D eigenvalue weighted by atomic mass is 19.1. The Kier molecular flexibility index (Phi) is 4.35. The number of halogens is 1. The van der Waals surface area contributed by atoms with Crippen LogP contribution in [0, 0.1) is 12.7 Å². The number of rotatable bonds is 4. The van der Waals surface area contributed by atoms with Crippen molar-refractivity contribution in [3.8, 4) is 11.6 Å². The third kappa shape index (κ3) is 3.14. The van der Waals surface area contributed by atoms with Crippen LogP contribution < -0.4 is 4.74 Å². The molecule has 0 aliphatic heterocycles. The zero-order valence-corrected chi connectivity index (χ0v) is 11.9. The van der Waals surface area contributed by atoms with Crippen LogP contribution in [0.3, 0.4) is 0 Å². The number of benzene rings is 1. The van der Waals surface area contributed by atoms with Crippen LogP contribution in [-0.4, -0.2) is 10.1 Å². The molecule has 2 aromatic rings. The zero-order chi connectivity index (χ0) is 14.7. The van der Waals surface area contributed by atoms with Gasteiger partial charge in [0.25, 0.3) is 0 Å². The summed E-state index contributed by atoms with van der Waals surface area (Å²) in [5.74, 6) is 0.799. The van der Waals surface area contributed by atoms with Gasteiger partial charge in [0.15, 0.2) is 0 Å². The van der Waals surface area contributed by atoms with E-state index >= 15 is 0 Å². The topological polar surface area (TPSA) is 42.4 Å². The van der Waals surface area contributed by atoms with Crippen molar-refractivity contribution in [3.63, 3.8) is 0 Å². The molecule has 0 fully saturated rings. The number of aryl methyl sites for hydroxylation is 1. The Morgan fingerprint density at radius 3 is 2.70 bits per heavy atom. The monoisotopic (exact) mass is 275 g/mol. The second-order valence-electron chi connectivity index (χ2n) is 5.06. The average molecular weight is 275 g/mol. The van der Waals surface area contributed by atoms with Gasteiger partial charge in [0.2, 0.25) is 5.88 Å². The maximum Gasteiger partial charge on any atom is 0.224 e. The molecule has 2 rings (SSSR count). The van der Waals surface area contributed by atoms with Crippen LogP contribution >= 0.6 is 0 Å². The normalized spacial score (nSPS) is 10.9. The summed E-state index contributed by atoms with van der Waals surface area (Å²) >= 11 is 0. The number of pyridine rings is 1. The molecule has 1 aromatic heterocycles. The molecule has 0 aliphatic rings. The van der Waals surface area contributed by atoms with Crippen molar-refractivity contribution in [1.29, 1.82) is 0 Å². The number of hydrogen-bond acceptors (Lipinski definition) is 3. The Hall–Kier alpha value is -1.94. The molecule has 3 nitrogen and oxygen atoms in total. The number of aliphatic hydroxyl groups excluding tert-OH is 1. The molecular formula is C16H18FNO2. The van der Waals surface area contributed by atoms with Crippen LogP contribution in [0.15, 0.2) is 30.5 Å². The van der Waals surface area contributed by atoms with Gasteiger partial charge in [0.05, 0.1) is 12.8 Å². The first-order chi connectivity index (χ1) is 9.51. The van der Waals surface area contributed by atoms with Gasteiger partial charge in [-0.15, -0.1) is 0 Å². The summed E-state index contributed by atoms with van der Waals surface area (Å²) < 4.78 is 18.8. The smallest absolute Gasteiger partial charge is 0.224 e. The number of aromatic nitrogens is 1. The maximum atomic E-state index is 13.1. The van der Waals surface area contributed by atoms with E-state index in [0.717, 1.165) is 17.3 Å². The van der Waals surface area contributed by atoms with Crippen molar-refractivity contribution in [2.75, 3.05) is 0 Å². The van der Waals surface area contributed by atoms with Crippen LogP contribution in [0.1, 0.15) is 36.5 Å². The Bertz CT molecular complexity index is 611. The van der Waals surface area contributed by atoms with Crippen molar-refractivity contribution in [1.82, 2.24) is 4.98 Å². The van der Waals surface area contributed by atoms with Crippen molar-refractivity contribution in [3.05, 3.63) is 53.0 Å². The molecule has 0 saturated heterocycles. The average Bonchev–Trinajstić information content (AvgIpc) is 2.42. The fourth-order valence-corrected chi connectivity index (χ4v) is 1.86. The highest BCUT2D eigenvalue weighted by Crippen LogP contribution is 2.29. The number of aliphatic hydroxyl groups is 1. The minimum absolute atomic E-state index is 0.234. The lowest BCUT2D eigenvalue weighted by Crippen LogP contribution is -1.98. The molecule has 0 bridgehead atoms. The van der Waals surface area contributed by atoms with E-state index in [9.17, 15) is 9.50 Å². The molecule has 4 heteroatoms. The SMILES string of the molecule is Cc1ccc(C(C)C)cc1Oc1ncc(F)cc1CO. The molecule has 1 heterocycles. The Labute approximate surface area is 118 Å². The molecule has 0 atom stereocenters. The molecule has 0 spiro atoms. The van der Waals surface area contributed by atoms with E-state index in [0.29, 0.717) is 17.2 Å². The number of ether oxygens (including phenoxy) is 1. The van der Waals surface area contributed by atoms with Gasteiger partial charge in [-0.05, 0) is 36.1 Å². The van der Waals surface area contributed by atoms with Crippen molar-refractivity contribution in [2.24, 2.45) is 0 Å². The molecule has 0 radical (unpaired) electrons. The predicted molar refractivity (Wildman–Crippen MR) is 75.5 cm³/mol. The second kappa shape index (κ2) is 6.01. The zero-order valence-electron chi connectivity index (χ0n) is 11.9. The van der Waals surface area contributed by atoms with E-state index in [1.165, 1.54) is 6.07 Å². The van der Waals surface area contributed by atoms with E-state index in [1.54, 1.807) is 0 Å². The quantitative estimate of drug-likeness (QED) is 0.919. The Morgan fingerprint density at radius 1 is 1.30 bits per heavy atom. The van der Waals surface area contributed by atoms with Gasteiger partial charge in [-0.3, -0.25) is 0 Å². The van der Waals surface area contributed by atoms with Crippen LogP contribution in [-0.2, 0) is 6.61 Å². The summed E-state index contributed by atoms with van der Waals surface area (Å²) in [6.07, 6.45) is 1.08. The van der Waals surface area contributed by atoms with Gasteiger partial charge in [-0.25, -0.2) is 9.37 Å². The first kappa shape index (κ1) is 14.5. The minimum Gasteiger partial charge on any atom is -0.438 e. The molecule has 0 amide bonds. The lowest BCUT2D eigenvalue weighted by atomic mass is 10.0. The minimum atomic E-state index is -0.492. The lowest BCUT2D eigenvalue weighted by Gasteiger charge is -2.13. The van der Waals surface area contributed by atoms with Gasteiger partial charge in [0, 0.05) is 5.56 Å². The second-order valence-corrected chi connectivity index (χ2v) is 5.06. The predicted octanol–water partition coefficient (Wildman–Crippen LogP) is 3.94. The van der Waals surface area contributed by atoms with E-state index in [2.05, 4.69) is 24.9 Å². The van der Waals surface area contributed by atoms with Crippen molar-refractivity contribution < 1.29 is 14.2 Å². The highest BCUT2D eigenvalue weighted by molar-refractivity contribution is 5.41. The Balaban J connectivity index is 2.36. The molecule has 0 unspecified atom stereocenters. The van der Waals surface area contributed by atoms with Crippen LogP contribution in [0.5, 0.6) is 11.6 Å². The molecule has 1 aromatic carbocycles. The van der Waals surface area contributed by atoms with Crippen LogP contribution in [0.2, 0.25) is 0 Å². The maximum absolute atomic E-state index is 13.1. The van der Waals surface area contributed by atoms with Gasteiger partial charge < -0.3 is 9.84 Å². The number of nitrogens with zero attached hydrogens (tertiary/aromatic N) is 1.